The number of hydrogen-bond acceptors (Lipinski definition) is 6. The number of amides is 1. The Bertz CT molecular complexity index is 910. The molecule has 0 atom stereocenters. The maximum atomic E-state index is 12.7. The van der Waals surface area contributed by atoms with E-state index in [1.54, 1.807) is 19.2 Å². The lowest BCUT2D eigenvalue weighted by molar-refractivity contribution is 0.102. The maximum absolute atomic E-state index is 12.7. The molecule has 4 heterocycles. The zero-order chi connectivity index (χ0) is 16.0. The summed E-state index contributed by atoms with van der Waals surface area (Å²) >= 11 is 0. The number of fused-ring (bicyclic) bond motifs is 2. The summed E-state index contributed by atoms with van der Waals surface area (Å²) in [6.07, 6.45) is 2.68. The number of anilines is 2. The highest BCUT2D eigenvalue weighted by atomic mass is 16.5. The van der Waals surface area contributed by atoms with E-state index in [1.165, 1.54) is 0 Å². The fourth-order valence-corrected chi connectivity index (χ4v) is 2.85. The van der Waals surface area contributed by atoms with E-state index in [0.717, 1.165) is 25.3 Å². The molecule has 3 aromatic heterocycles. The Kier molecular flexibility index (Phi) is 3.03. The first-order valence-corrected chi connectivity index (χ1v) is 7.48. The molecule has 0 unspecified atom stereocenters. The van der Waals surface area contributed by atoms with E-state index in [0.29, 0.717) is 33.7 Å². The molecule has 3 aromatic rings. The summed E-state index contributed by atoms with van der Waals surface area (Å²) in [5, 5.41) is 15.0. The summed E-state index contributed by atoms with van der Waals surface area (Å²) in [7, 11) is 0. The number of hydrogen-bond donors (Lipinski definition) is 2. The van der Waals surface area contributed by atoms with Gasteiger partial charge >= 0.3 is 0 Å². The summed E-state index contributed by atoms with van der Waals surface area (Å²) in [4.78, 5) is 17.0. The average Bonchev–Trinajstić information content (AvgIpc) is 3.11. The van der Waals surface area contributed by atoms with E-state index in [-0.39, 0.29) is 5.91 Å². The first-order chi connectivity index (χ1) is 11.1. The number of aryl methyl sites for hydroxylation is 3. The van der Waals surface area contributed by atoms with Crippen LogP contribution in [0.3, 0.4) is 0 Å². The lowest BCUT2D eigenvalue weighted by atomic mass is 10.1. The number of nitrogens with one attached hydrogen (secondary N) is 2. The van der Waals surface area contributed by atoms with Crippen molar-refractivity contribution in [3.05, 3.63) is 29.2 Å². The van der Waals surface area contributed by atoms with Crippen molar-refractivity contribution in [1.82, 2.24) is 19.9 Å². The van der Waals surface area contributed by atoms with Gasteiger partial charge in [0.05, 0.1) is 22.8 Å². The molecule has 0 radical (unpaired) electrons. The average molecular weight is 312 g/mol. The molecule has 1 amide bonds. The fraction of sp³-hybridized carbons (Fsp3) is 0.333. The third-order valence-electron chi connectivity index (χ3n) is 3.92. The Labute approximate surface area is 131 Å². The zero-order valence-corrected chi connectivity index (χ0v) is 12.9. The first kappa shape index (κ1) is 13.7. The number of carbonyl (C=O) groups is 1. The van der Waals surface area contributed by atoms with Crippen molar-refractivity contribution < 1.29 is 9.32 Å². The number of carbonyl (C=O) groups excluding carboxylic acids is 1. The molecule has 0 spiro atoms. The van der Waals surface area contributed by atoms with Crippen LogP contribution in [0.2, 0.25) is 0 Å². The molecular weight excluding hydrogens is 296 g/mol. The highest BCUT2D eigenvalue weighted by molar-refractivity contribution is 6.13. The summed E-state index contributed by atoms with van der Waals surface area (Å²) < 4.78 is 7.03. The number of nitrogens with zero attached hydrogens (tertiary/aromatic N) is 4. The van der Waals surface area contributed by atoms with Gasteiger partial charge in [0.25, 0.3) is 11.6 Å². The van der Waals surface area contributed by atoms with Gasteiger partial charge in [-0.1, -0.05) is 5.16 Å². The van der Waals surface area contributed by atoms with Crippen LogP contribution in [0.4, 0.5) is 11.5 Å². The van der Waals surface area contributed by atoms with Crippen molar-refractivity contribution >= 4 is 28.5 Å². The Balaban J connectivity index is 1.73. The van der Waals surface area contributed by atoms with Crippen molar-refractivity contribution in [2.24, 2.45) is 0 Å². The molecule has 8 heteroatoms. The zero-order valence-electron chi connectivity index (χ0n) is 12.9. The van der Waals surface area contributed by atoms with E-state index < -0.39 is 0 Å². The highest BCUT2D eigenvalue weighted by Gasteiger charge is 2.21. The van der Waals surface area contributed by atoms with Crippen molar-refractivity contribution in [1.29, 1.82) is 0 Å². The molecule has 0 fully saturated rings. The molecule has 8 nitrogen and oxygen atoms in total. The lowest BCUT2D eigenvalue weighted by Gasteiger charge is -2.17. The monoisotopic (exact) mass is 312 g/mol. The number of aromatic nitrogens is 4. The van der Waals surface area contributed by atoms with Gasteiger partial charge < -0.3 is 15.2 Å². The number of pyridine rings is 1. The molecular formula is C15H16N6O2. The highest BCUT2D eigenvalue weighted by Crippen LogP contribution is 2.27. The lowest BCUT2D eigenvalue weighted by Crippen LogP contribution is -2.20. The van der Waals surface area contributed by atoms with Crippen LogP contribution in [0.5, 0.6) is 0 Å². The van der Waals surface area contributed by atoms with Crippen molar-refractivity contribution in [3.63, 3.8) is 0 Å². The molecule has 0 aliphatic carbocycles. The van der Waals surface area contributed by atoms with Gasteiger partial charge in [0.2, 0.25) is 0 Å². The van der Waals surface area contributed by atoms with Gasteiger partial charge in [-0.25, -0.2) is 9.67 Å². The molecule has 2 N–H and O–H groups in total. The molecule has 1 aliphatic rings. The smallest absolute Gasteiger partial charge is 0.258 e. The van der Waals surface area contributed by atoms with Gasteiger partial charge in [0.1, 0.15) is 11.5 Å². The Morgan fingerprint density at radius 1 is 1.43 bits per heavy atom. The van der Waals surface area contributed by atoms with E-state index in [9.17, 15) is 4.79 Å². The Morgan fingerprint density at radius 3 is 3.17 bits per heavy atom. The van der Waals surface area contributed by atoms with Crippen LogP contribution in [0, 0.1) is 13.8 Å². The second-order valence-electron chi connectivity index (χ2n) is 5.62. The van der Waals surface area contributed by atoms with E-state index in [1.807, 2.05) is 11.6 Å². The van der Waals surface area contributed by atoms with Gasteiger partial charge in [0.15, 0.2) is 0 Å². The third-order valence-corrected chi connectivity index (χ3v) is 3.92. The van der Waals surface area contributed by atoms with Crippen LogP contribution in [0.25, 0.3) is 11.1 Å². The Hall–Kier alpha value is -2.90. The van der Waals surface area contributed by atoms with Gasteiger partial charge in [-0.05, 0) is 26.3 Å². The first-order valence-electron chi connectivity index (χ1n) is 7.48. The van der Waals surface area contributed by atoms with E-state index >= 15 is 0 Å². The minimum absolute atomic E-state index is 0.227. The maximum Gasteiger partial charge on any atom is 0.258 e. The quantitative estimate of drug-likeness (QED) is 0.752. The topological polar surface area (TPSA) is 97.9 Å². The minimum atomic E-state index is -0.227. The van der Waals surface area contributed by atoms with Gasteiger partial charge in [0, 0.05) is 18.8 Å². The second kappa shape index (κ2) is 5.08. The van der Waals surface area contributed by atoms with Gasteiger partial charge in [-0.2, -0.15) is 5.10 Å². The van der Waals surface area contributed by atoms with Gasteiger partial charge in [-0.3, -0.25) is 4.79 Å². The fourth-order valence-electron chi connectivity index (χ4n) is 2.85. The predicted octanol–water partition coefficient (Wildman–Crippen LogP) is 2.10. The van der Waals surface area contributed by atoms with Crippen LogP contribution < -0.4 is 10.6 Å². The largest absolute Gasteiger partial charge is 0.368 e. The standard InChI is InChI=1S/C15H16N6O2/c1-8-6-10(12-9(2)20-23-15(12)18-8)14(22)19-11-7-17-21-5-3-4-16-13(11)21/h6-7,16H,3-5H2,1-2H3,(H,19,22). The molecule has 23 heavy (non-hydrogen) atoms. The molecule has 118 valence electrons. The van der Waals surface area contributed by atoms with Crippen LogP contribution >= 0.6 is 0 Å². The van der Waals surface area contributed by atoms with Crippen LogP contribution in [0.15, 0.2) is 16.8 Å². The summed E-state index contributed by atoms with van der Waals surface area (Å²) in [6, 6.07) is 1.74. The van der Waals surface area contributed by atoms with Crippen molar-refractivity contribution in [3.8, 4) is 0 Å². The molecule has 0 aromatic carbocycles. The predicted molar refractivity (Wildman–Crippen MR) is 84.6 cm³/mol. The molecule has 4 rings (SSSR count). The van der Waals surface area contributed by atoms with Crippen LogP contribution in [-0.4, -0.2) is 32.4 Å². The minimum Gasteiger partial charge on any atom is -0.368 e. The molecule has 0 saturated heterocycles. The van der Waals surface area contributed by atoms with E-state index in [2.05, 4.69) is 25.9 Å². The second-order valence-corrected chi connectivity index (χ2v) is 5.62. The molecule has 0 bridgehead atoms. The Morgan fingerprint density at radius 2 is 2.30 bits per heavy atom. The molecule has 0 saturated carbocycles. The summed E-state index contributed by atoms with van der Waals surface area (Å²) in [5.74, 6) is 0.614. The number of rotatable bonds is 2. The molecule has 1 aliphatic heterocycles. The van der Waals surface area contributed by atoms with Crippen LogP contribution in [0.1, 0.15) is 28.2 Å². The third kappa shape index (κ3) is 2.23. The van der Waals surface area contributed by atoms with Crippen molar-refractivity contribution in [2.75, 3.05) is 17.2 Å². The SMILES string of the molecule is Cc1cc(C(=O)Nc2cnn3c2NCCC3)c2c(C)noc2n1. The van der Waals surface area contributed by atoms with Crippen molar-refractivity contribution in [2.45, 2.75) is 26.8 Å². The normalized spacial score (nSPS) is 13.7. The van der Waals surface area contributed by atoms with Crippen LogP contribution in [-0.2, 0) is 6.54 Å². The van der Waals surface area contributed by atoms with Gasteiger partial charge in [-0.15, -0.1) is 0 Å². The summed E-state index contributed by atoms with van der Waals surface area (Å²) in [6.45, 7) is 5.33. The summed E-state index contributed by atoms with van der Waals surface area (Å²) in [5.41, 5.74) is 2.90. The van der Waals surface area contributed by atoms with E-state index in [4.69, 9.17) is 4.52 Å².